The Kier molecular flexibility index (Phi) is 1.96. The van der Waals surface area contributed by atoms with E-state index in [1.54, 1.807) is 11.3 Å². The predicted molar refractivity (Wildman–Crippen MR) is 53.3 cm³/mol. The first kappa shape index (κ1) is 7.56. The molecule has 1 heterocycles. The van der Waals surface area contributed by atoms with Crippen molar-refractivity contribution >= 4 is 11.3 Å². The van der Waals surface area contributed by atoms with Gasteiger partial charge < -0.3 is 0 Å². The average Bonchev–Trinajstić information content (AvgIpc) is 2.58. The van der Waals surface area contributed by atoms with Crippen molar-refractivity contribution in [2.24, 2.45) is 0 Å². The van der Waals surface area contributed by atoms with Gasteiger partial charge in [-0.1, -0.05) is 12.1 Å². The van der Waals surface area contributed by atoms with Crippen LogP contribution in [0.4, 0.5) is 0 Å². The Balaban J connectivity index is 2.43. The number of rotatable bonds is 1. The molecule has 0 aliphatic heterocycles. The predicted octanol–water partition coefficient (Wildman–Crippen LogP) is 3.52. The van der Waals surface area contributed by atoms with Gasteiger partial charge in [0, 0.05) is 0 Å². The van der Waals surface area contributed by atoms with Crippen molar-refractivity contribution in [3.63, 3.8) is 0 Å². The lowest BCUT2D eigenvalue weighted by molar-refractivity contribution is 1.46. The minimum atomic E-state index is 1.19. The van der Waals surface area contributed by atoms with Gasteiger partial charge in [-0.3, -0.25) is 0 Å². The molecule has 0 bridgehead atoms. The molecule has 0 saturated heterocycles. The minimum Gasteiger partial charge on any atom is -0.152 e. The first-order valence-corrected chi connectivity index (χ1v) is 4.81. The van der Waals surface area contributed by atoms with Crippen molar-refractivity contribution in [1.29, 1.82) is 0 Å². The van der Waals surface area contributed by atoms with E-state index in [0.29, 0.717) is 0 Å². The summed E-state index contributed by atoms with van der Waals surface area (Å²) in [4.78, 5) is 0. The van der Waals surface area contributed by atoms with E-state index in [2.05, 4.69) is 41.9 Å². The highest BCUT2D eigenvalue weighted by Gasteiger charge is 1.95. The number of hydrogen-bond donors (Lipinski definition) is 0. The van der Waals surface area contributed by atoms with Gasteiger partial charge in [0.25, 0.3) is 0 Å². The van der Waals surface area contributed by atoms with Gasteiger partial charge in [-0.15, -0.1) is 0 Å². The van der Waals surface area contributed by atoms with Gasteiger partial charge in [0.05, 0.1) is 0 Å². The summed E-state index contributed by atoms with van der Waals surface area (Å²) in [6.07, 6.45) is 0. The number of benzene rings is 1. The summed E-state index contributed by atoms with van der Waals surface area (Å²) >= 11 is 1.72. The lowest BCUT2D eigenvalue weighted by atomic mass is 10.1. The Labute approximate surface area is 76.5 Å². The summed E-state index contributed by atoms with van der Waals surface area (Å²) in [7, 11) is 0. The van der Waals surface area contributed by atoms with Crippen LogP contribution >= 0.6 is 11.3 Å². The average molecular weight is 173 g/mol. The maximum absolute atomic E-state index is 3.19. The highest BCUT2D eigenvalue weighted by atomic mass is 32.1. The summed E-state index contributed by atoms with van der Waals surface area (Å²) < 4.78 is 0. The number of aryl methyl sites for hydroxylation is 1. The van der Waals surface area contributed by atoms with Crippen LogP contribution in [0.3, 0.4) is 0 Å². The normalized spacial score (nSPS) is 10.1. The molecule has 0 fully saturated rings. The second-order valence-electron chi connectivity index (χ2n) is 2.77. The molecule has 59 valence electrons. The van der Waals surface area contributed by atoms with Gasteiger partial charge in [-0.2, -0.15) is 11.3 Å². The number of hydrogen-bond acceptors (Lipinski definition) is 1. The molecule has 0 N–H and O–H groups in total. The lowest BCUT2D eigenvalue weighted by Crippen LogP contribution is -1.74. The van der Waals surface area contributed by atoms with E-state index in [9.17, 15) is 0 Å². The van der Waals surface area contributed by atoms with Crippen LogP contribution in [0, 0.1) is 13.0 Å². The standard InChI is InChI=1S/C11H9S/c1-9-2-4-10(5-3-9)11-6-7-12-8-11/h2,4-8H,1H3. The molecule has 1 aromatic heterocycles. The second-order valence-corrected chi connectivity index (χ2v) is 3.55. The largest absolute Gasteiger partial charge is 0.152 e. The van der Waals surface area contributed by atoms with Crippen molar-refractivity contribution < 1.29 is 0 Å². The molecule has 0 saturated carbocycles. The molecule has 12 heavy (non-hydrogen) atoms. The fraction of sp³-hybridized carbons (Fsp3) is 0.0909. The van der Waals surface area contributed by atoms with E-state index in [1.807, 2.05) is 6.07 Å². The summed E-state index contributed by atoms with van der Waals surface area (Å²) in [6, 6.07) is 11.6. The van der Waals surface area contributed by atoms with Crippen LogP contribution in [0.5, 0.6) is 0 Å². The van der Waals surface area contributed by atoms with E-state index < -0.39 is 0 Å². The zero-order chi connectivity index (χ0) is 8.39. The highest BCUT2D eigenvalue weighted by molar-refractivity contribution is 7.08. The Morgan fingerprint density at radius 1 is 1.17 bits per heavy atom. The molecule has 0 atom stereocenters. The van der Waals surface area contributed by atoms with Crippen LogP contribution in [-0.2, 0) is 0 Å². The van der Waals surface area contributed by atoms with Gasteiger partial charge in [-0.05, 0) is 52.6 Å². The lowest BCUT2D eigenvalue weighted by Gasteiger charge is -1.96. The molecule has 0 amide bonds. The summed E-state index contributed by atoms with van der Waals surface area (Å²) in [5.41, 5.74) is 3.73. The van der Waals surface area contributed by atoms with Gasteiger partial charge >= 0.3 is 0 Å². The van der Waals surface area contributed by atoms with Crippen molar-refractivity contribution in [2.75, 3.05) is 0 Å². The summed E-state index contributed by atoms with van der Waals surface area (Å²) in [5, 5.41) is 4.24. The Morgan fingerprint density at radius 2 is 2.08 bits per heavy atom. The van der Waals surface area contributed by atoms with E-state index in [1.165, 1.54) is 16.7 Å². The molecule has 2 aromatic rings. The fourth-order valence-corrected chi connectivity index (χ4v) is 1.78. The maximum atomic E-state index is 3.19. The smallest absolute Gasteiger partial charge is 0.00147 e. The molecule has 0 spiro atoms. The van der Waals surface area contributed by atoms with Gasteiger partial charge in [0.15, 0.2) is 0 Å². The Bertz CT molecular complexity index is 343. The third-order valence-corrected chi connectivity index (χ3v) is 2.51. The quantitative estimate of drug-likeness (QED) is 0.619. The van der Waals surface area contributed by atoms with Crippen molar-refractivity contribution in [1.82, 2.24) is 0 Å². The molecule has 0 unspecified atom stereocenters. The third kappa shape index (κ3) is 1.41. The van der Waals surface area contributed by atoms with Crippen molar-refractivity contribution in [3.8, 4) is 11.1 Å². The Morgan fingerprint density at radius 3 is 2.67 bits per heavy atom. The third-order valence-electron chi connectivity index (χ3n) is 1.82. The molecule has 1 aromatic carbocycles. The van der Waals surface area contributed by atoms with Crippen molar-refractivity contribution in [3.05, 3.63) is 46.7 Å². The van der Waals surface area contributed by atoms with Crippen LogP contribution in [0.2, 0.25) is 0 Å². The van der Waals surface area contributed by atoms with Gasteiger partial charge in [-0.25, -0.2) is 0 Å². The Hall–Kier alpha value is -1.08. The zero-order valence-electron chi connectivity index (χ0n) is 6.87. The van der Waals surface area contributed by atoms with Crippen LogP contribution in [-0.4, -0.2) is 0 Å². The zero-order valence-corrected chi connectivity index (χ0v) is 7.69. The van der Waals surface area contributed by atoms with Crippen LogP contribution in [0.25, 0.3) is 11.1 Å². The SMILES string of the molecule is Cc1[c]cc(-c2ccsc2)cc1. The van der Waals surface area contributed by atoms with E-state index in [-0.39, 0.29) is 0 Å². The fourth-order valence-electron chi connectivity index (χ4n) is 1.11. The van der Waals surface area contributed by atoms with Crippen LogP contribution in [0.15, 0.2) is 35.0 Å². The maximum Gasteiger partial charge on any atom is -0.00147 e. The molecule has 0 aliphatic rings. The van der Waals surface area contributed by atoms with E-state index in [0.717, 1.165) is 0 Å². The van der Waals surface area contributed by atoms with Crippen LogP contribution in [0.1, 0.15) is 5.56 Å². The molecule has 0 aliphatic carbocycles. The summed E-state index contributed by atoms with van der Waals surface area (Å²) in [6.45, 7) is 2.05. The molecule has 1 radical (unpaired) electrons. The molecule has 1 heteroatoms. The van der Waals surface area contributed by atoms with E-state index >= 15 is 0 Å². The van der Waals surface area contributed by atoms with Gasteiger partial charge in [0.2, 0.25) is 0 Å². The van der Waals surface area contributed by atoms with Crippen LogP contribution < -0.4 is 0 Å². The first-order chi connectivity index (χ1) is 5.86. The molecule has 2 rings (SSSR count). The van der Waals surface area contributed by atoms with E-state index in [4.69, 9.17) is 0 Å². The van der Waals surface area contributed by atoms with Gasteiger partial charge in [0.1, 0.15) is 0 Å². The minimum absolute atomic E-state index is 1.19. The van der Waals surface area contributed by atoms with Crippen molar-refractivity contribution in [2.45, 2.75) is 6.92 Å². The second kappa shape index (κ2) is 3.11. The molecule has 0 nitrogen and oxygen atoms in total. The molecular formula is C11H9S. The first-order valence-electron chi connectivity index (χ1n) is 3.87. The topological polar surface area (TPSA) is 0 Å². The monoisotopic (exact) mass is 173 g/mol. The number of thiophene rings is 1. The summed E-state index contributed by atoms with van der Waals surface area (Å²) in [5.74, 6) is 0. The highest BCUT2D eigenvalue weighted by Crippen LogP contribution is 2.21. The molecular weight excluding hydrogens is 164 g/mol.